The third-order valence-electron chi connectivity index (χ3n) is 4.82. The number of carboxylic acids is 1. The van der Waals surface area contributed by atoms with E-state index >= 15 is 0 Å². The molecule has 33 heavy (non-hydrogen) atoms. The number of furan rings is 1. The maximum absolute atomic E-state index is 14.4. The Morgan fingerprint density at radius 1 is 1.12 bits per heavy atom. The van der Waals surface area contributed by atoms with Crippen molar-refractivity contribution >= 4 is 12.0 Å². The summed E-state index contributed by atoms with van der Waals surface area (Å²) in [6, 6.07) is 16.4. The highest BCUT2D eigenvalue weighted by Gasteiger charge is 2.14. The number of benzene rings is 2. The normalized spacial score (nSPS) is 12.2. The van der Waals surface area contributed by atoms with Crippen molar-refractivity contribution in [3.05, 3.63) is 112 Å². The first kappa shape index (κ1) is 21.9. The number of aromatic amines is 1. The summed E-state index contributed by atoms with van der Waals surface area (Å²) < 4.78 is 33.5. The number of carbonyl (C=O) groups is 1. The summed E-state index contributed by atoms with van der Waals surface area (Å²) in [6.07, 6.45) is 2.75. The fraction of sp³-hybridized carbons (Fsp3) is 0.0800. The highest BCUT2D eigenvalue weighted by molar-refractivity contribution is 5.91. The molecule has 0 amide bonds. The average molecular weight is 447 g/mol. The average Bonchev–Trinajstić information content (AvgIpc) is 3.22. The number of H-pyrrole nitrogens is 1. The maximum Gasteiger partial charge on any atom is 0.354 e. The lowest BCUT2D eigenvalue weighted by atomic mass is 10.1. The smallest absolute Gasteiger partial charge is 0.354 e. The third kappa shape index (κ3) is 5.12. The van der Waals surface area contributed by atoms with Crippen LogP contribution < -0.4 is 5.49 Å². The molecule has 166 valence electrons. The molecule has 0 unspecified atom stereocenters. The largest absolute Gasteiger partial charge is 0.477 e. The van der Waals surface area contributed by atoms with Gasteiger partial charge in [0.05, 0.1) is 11.4 Å². The molecule has 0 fully saturated rings. The number of hydrogen-bond acceptors (Lipinski definition) is 4. The van der Waals surface area contributed by atoms with Crippen LogP contribution in [0, 0.1) is 18.6 Å². The second-order valence-electron chi connectivity index (χ2n) is 7.23. The van der Waals surface area contributed by atoms with E-state index in [0.717, 1.165) is 11.6 Å². The van der Waals surface area contributed by atoms with E-state index in [1.54, 1.807) is 25.3 Å². The van der Waals surface area contributed by atoms with Crippen LogP contribution in [0.5, 0.6) is 0 Å². The molecule has 8 heteroatoms. The summed E-state index contributed by atoms with van der Waals surface area (Å²) in [4.78, 5) is 23.6. The number of nitrogens with one attached hydrogen (secondary N) is 1. The molecule has 0 aliphatic heterocycles. The molecule has 0 spiro atoms. The van der Waals surface area contributed by atoms with Crippen molar-refractivity contribution in [3.8, 4) is 11.3 Å². The number of halogens is 2. The molecule has 0 saturated carbocycles. The first-order valence-electron chi connectivity index (χ1n) is 10.0. The Bertz CT molecular complexity index is 1410. The number of nitrogens with zero attached hydrogens (tertiary/aromatic N) is 2. The van der Waals surface area contributed by atoms with Crippen LogP contribution in [0.3, 0.4) is 0 Å². The van der Waals surface area contributed by atoms with Gasteiger partial charge in [0.15, 0.2) is 22.8 Å². The Morgan fingerprint density at radius 3 is 2.61 bits per heavy atom. The van der Waals surface area contributed by atoms with Crippen molar-refractivity contribution in [3.63, 3.8) is 0 Å². The summed E-state index contributed by atoms with van der Waals surface area (Å²) in [5, 5.41) is 9.65. The molecular formula is C25H19F2N3O3. The van der Waals surface area contributed by atoms with E-state index in [1.807, 2.05) is 30.3 Å². The molecule has 2 N–H and O–H groups in total. The van der Waals surface area contributed by atoms with Gasteiger partial charge in [-0.05, 0) is 30.7 Å². The minimum absolute atomic E-state index is 0.0695. The number of aromatic nitrogens is 2. The lowest BCUT2D eigenvalue weighted by Crippen LogP contribution is -2.19. The highest BCUT2D eigenvalue weighted by atomic mass is 19.2. The van der Waals surface area contributed by atoms with E-state index in [2.05, 4.69) is 15.0 Å². The van der Waals surface area contributed by atoms with Crippen molar-refractivity contribution in [1.82, 2.24) is 9.97 Å². The van der Waals surface area contributed by atoms with Gasteiger partial charge in [-0.2, -0.15) is 0 Å². The molecule has 4 aromatic rings. The van der Waals surface area contributed by atoms with Gasteiger partial charge in [0, 0.05) is 24.3 Å². The highest BCUT2D eigenvalue weighted by Crippen LogP contribution is 2.18. The Labute approximate surface area is 187 Å². The zero-order valence-electron chi connectivity index (χ0n) is 17.5. The SMILES string of the molecule is Cc1ccc(/C=C(/N=c2\[nH]cc(-c3ccccc3)nc2Cc2cccc(F)c2F)C(=O)O)o1. The van der Waals surface area contributed by atoms with Crippen LogP contribution in [0.2, 0.25) is 0 Å². The quantitative estimate of drug-likeness (QED) is 0.413. The fourth-order valence-corrected chi connectivity index (χ4v) is 3.22. The molecule has 0 aliphatic carbocycles. The summed E-state index contributed by atoms with van der Waals surface area (Å²) in [5.74, 6) is -2.31. The van der Waals surface area contributed by atoms with Crippen LogP contribution >= 0.6 is 0 Å². The van der Waals surface area contributed by atoms with E-state index in [-0.39, 0.29) is 28.9 Å². The van der Waals surface area contributed by atoms with Gasteiger partial charge >= 0.3 is 5.97 Å². The van der Waals surface area contributed by atoms with Gasteiger partial charge < -0.3 is 14.5 Å². The topological polar surface area (TPSA) is 91.5 Å². The number of aryl methyl sites for hydroxylation is 1. The first-order valence-corrected chi connectivity index (χ1v) is 10.0. The van der Waals surface area contributed by atoms with Crippen molar-refractivity contribution in [1.29, 1.82) is 0 Å². The van der Waals surface area contributed by atoms with Gasteiger partial charge in [0.25, 0.3) is 0 Å². The van der Waals surface area contributed by atoms with Crippen molar-refractivity contribution in [2.75, 3.05) is 0 Å². The molecule has 2 aromatic carbocycles. The summed E-state index contributed by atoms with van der Waals surface area (Å²) in [6.45, 7) is 1.74. The lowest BCUT2D eigenvalue weighted by molar-refractivity contribution is -0.132. The minimum atomic E-state index is -1.28. The molecular weight excluding hydrogens is 428 g/mol. The monoisotopic (exact) mass is 447 g/mol. The molecule has 0 saturated heterocycles. The van der Waals surface area contributed by atoms with Crippen molar-refractivity contribution in [2.45, 2.75) is 13.3 Å². The Balaban J connectivity index is 1.86. The summed E-state index contributed by atoms with van der Waals surface area (Å²) >= 11 is 0. The predicted molar refractivity (Wildman–Crippen MR) is 118 cm³/mol. The van der Waals surface area contributed by atoms with Gasteiger partial charge in [-0.3, -0.25) is 0 Å². The first-order chi connectivity index (χ1) is 15.9. The van der Waals surface area contributed by atoms with Crippen LogP contribution in [-0.2, 0) is 11.2 Å². The molecule has 0 bridgehead atoms. The second kappa shape index (κ2) is 9.44. The van der Waals surface area contributed by atoms with Crippen molar-refractivity contribution < 1.29 is 23.1 Å². The zero-order chi connectivity index (χ0) is 23.4. The van der Waals surface area contributed by atoms with E-state index in [0.29, 0.717) is 17.2 Å². The third-order valence-corrected chi connectivity index (χ3v) is 4.82. The summed E-state index contributed by atoms with van der Waals surface area (Å²) in [5.41, 5.74) is 1.46. The van der Waals surface area contributed by atoms with Crippen LogP contribution in [0.1, 0.15) is 22.8 Å². The van der Waals surface area contributed by atoms with E-state index < -0.39 is 17.6 Å². The standard InChI is InChI=1S/C25H19F2N3O3/c1-15-10-11-18(33-15)13-21(25(31)32)30-24-20(12-17-8-5-9-19(26)23(17)27)29-22(14-28-24)16-6-3-2-4-7-16/h2-11,13-14H,12H2,1H3,(H,28,30)(H,31,32)/b21-13+. The van der Waals surface area contributed by atoms with Crippen molar-refractivity contribution in [2.24, 2.45) is 4.99 Å². The van der Waals surface area contributed by atoms with Crippen LogP contribution in [0.15, 0.2) is 82.0 Å². The number of aliphatic carboxylic acids is 1. The van der Waals surface area contributed by atoms with E-state index in [4.69, 9.17) is 4.42 Å². The van der Waals surface area contributed by atoms with Crippen LogP contribution in [0.4, 0.5) is 8.78 Å². The minimum Gasteiger partial charge on any atom is -0.477 e. The number of rotatable bonds is 6. The molecule has 6 nitrogen and oxygen atoms in total. The molecule has 4 rings (SSSR count). The molecule has 0 atom stereocenters. The summed E-state index contributed by atoms with van der Waals surface area (Å²) in [7, 11) is 0. The van der Waals surface area contributed by atoms with Gasteiger partial charge in [0.1, 0.15) is 11.5 Å². The van der Waals surface area contributed by atoms with Crippen LogP contribution in [-0.4, -0.2) is 21.0 Å². The molecule has 2 aromatic heterocycles. The number of carboxylic acid groups (broad SMARTS) is 1. The molecule has 0 aliphatic rings. The van der Waals surface area contributed by atoms with Gasteiger partial charge in [-0.15, -0.1) is 0 Å². The lowest BCUT2D eigenvalue weighted by Gasteiger charge is -2.08. The zero-order valence-corrected chi connectivity index (χ0v) is 17.5. The fourth-order valence-electron chi connectivity index (χ4n) is 3.22. The Hall–Kier alpha value is -4.33. The van der Waals surface area contributed by atoms with E-state index in [9.17, 15) is 18.7 Å². The Kier molecular flexibility index (Phi) is 6.26. The second-order valence-corrected chi connectivity index (χ2v) is 7.23. The molecule has 2 heterocycles. The maximum atomic E-state index is 14.4. The predicted octanol–water partition coefficient (Wildman–Crippen LogP) is 4.87. The van der Waals surface area contributed by atoms with Crippen LogP contribution in [0.25, 0.3) is 17.3 Å². The Morgan fingerprint density at radius 2 is 1.91 bits per heavy atom. The van der Waals surface area contributed by atoms with Gasteiger partial charge in [-0.25, -0.2) is 23.6 Å². The molecule has 0 radical (unpaired) electrons. The number of hydrogen-bond donors (Lipinski definition) is 2. The van der Waals surface area contributed by atoms with Gasteiger partial charge in [-0.1, -0.05) is 42.5 Å². The van der Waals surface area contributed by atoms with Gasteiger partial charge in [0.2, 0.25) is 0 Å². The van der Waals surface area contributed by atoms with E-state index in [1.165, 1.54) is 18.2 Å².